The topological polar surface area (TPSA) is 93.0 Å². The minimum atomic E-state index is -0.208. The molecule has 0 amide bonds. The van der Waals surface area contributed by atoms with E-state index < -0.39 is 0 Å². The van der Waals surface area contributed by atoms with Crippen LogP contribution < -0.4 is 21.3 Å². The van der Waals surface area contributed by atoms with Gasteiger partial charge >= 0.3 is 0 Å². The SMILES string of the molecule is COc1ccc(CC[C@@H](C)NCCc2nc(N)cc(=O)[nH]2)cc1. The Bertz CT molecular complexity index is 667. The minimum absolute atomic E-state index is 0.208. The predicted octanol–water partition coefficient (Wildman–Crippen LogP) is 1.51. The third-order valence-corrected chi connectivity index (χ3v) is 3.69. The lowest BCUT2D eigenvalue weighted by Gasteiger charge is -2.13. The number of anilines is 1. The van der Waals surface area contributed by atoms with Crippen LogP contribution in [0.25, 0.3) is 0 Å². The van der Waals surface area contributed by atoms with Crippen LogP contribution in [0.2, 0.25) is 0 Å². The van der Waals surface area contributed by atoms with E-state index in [1.165, 1.54) is 11.6 Å². The van der Waals surface area contributed by atoms with Crippen LogP contribution in [0.1, 0.15) is 24.7 Å². The molecule has 0 aliphatic heterocycles. The number of methoxy groups -OCH3 is 1. The van der Waals surface area contributed by atoms with E-state index in [4.69, 9.17) is 10.5 Å². The Labute approximate surface area is 136 Å². The van der Waals surface area contributed by atoms with Crippen LogP contribution in [0.5, 0.6) is 5.75 Å². The zero-order valence-electron chi connectivity index (χ0n) is 13.6. The average Bonchev–Trinajstić information content (AvgIpc) is 2.52. The molecular weight excluding hydrogens is 292 g/mol. The Morgan fingerprint density at radius 3 is 2.70 bits per heavy atom. The number of hydrogen-bond donors (Lipinski definition) is 3. The largest absolute Gasteiger partial charge is 0.497 e. The van der Waals surface area contributed by atoms with Gasteiger partial charge in [-0.2, -0.15) is 0 Å². The monoisotopic (exact) mass is 316 g/mol. The number of ether oxygens (including phenoxy) is 1. The van der Waals surface area contributed by atoms with Gasteiger partial charge in [0.1, 0.15) is 17.4 Å². The van der Waals surface area contributed by atoms with E-state index >= 15 is 0 Å². The molecule has 23 heavy (non-hydrogen) atoms. The van der Waals surface area contributed by atoms with Crippen molar-refractivity contribution < 1.29 is 4.74 Å². The summed E-state index contributed by atoms with van der Waals surface area (Å²) in [5, 5.41) is 3.44. The first-order valence-corrected chi connectivity index (χ1v) is 7.79. The van der Waals surface area contributed by atoms with E-state index in [-0.39, 0.29) is 11.4 Å². The molecule has 6 nitrogen and oxygen atoms in total. The smallest absolute Gasteiger partial charge is 0.252 e. The number of aromatic amines is 1. The van der Waals surface area contributed by atoms with Gasteiger partial charge in [0.15, 0.2) is 0 Å². The number of nitrogens with one attached hydrogen (secondary N) is 2. The highest BCUT2D eigenvalue weighted by Gasteiger charge is 2.04. The minimum Gasteiger partial charge on any atom is -0.497 e. The van der Waals surface area contributed by atoms with E-state index in [1.54, 1.807) is 7.11 Å². The molecule has 4 N–H and O–H groups in total. The predicted molar refractivity (Wildman–Crippen MR) is 91.8 cm³/mol. The van der Waals surface area contributed by atoms with Crippen molar-refractivity contribution in [2.24, 2.45) is 0 Å². The van der Waals surface area contributed by atoms with Crippen LogP contribution in [0, 0.1) is 0 Å². The van der Waals surface area contributed by atoms with Gasteiger partial charge in [0.05, 0.1) is 7.11 Å². The number of benzene rings is 1. The first kappa shape index (κ1) is 17.0. The number of rotatable bonds is 8. The fourth-order valence-corrected chi connectivity index (χ4v) is 2.36. The van der Waals surface area contributed by atoms with Crippen molar-refractivity contribution in [2.75, 3.05) is 19.4 Å². The molecule has 0 aliphatic carbocycles. The number of aryl methyl sites for hydroxylation is 1. The van der Waals surface area contributed by atoms with Crippen molar-refractivity contribution in [3.63, 3.8) is 0 Å². The summed E-state index contributed by atoms with van der Waals surface area (Å²) in [5.41, 5.74) is 6.65. The van der Waals surface area contributed by atoms with E-state index in [0.29, 0.717) is 18.3 Å². The zero-order chi connectivity index (χ0) is 16.7. The molecule has 0 spiro atoms. The lowest BCUT2D eigenvalue weighted by Crippen LogP contribution is -2.29. The Balaban J connectivity index is 1.72. The van der Waals surface area contributed by atoms with Gasteiger partial charge in [-0.05, 0) is 37.5 Å². The highest BCUT2D eigenvalue weighted by atomic mass is 16.5. The molecule has 0 saturated carbocycles. The number of nitrogen functional groups attached to an aromatic ring is 1. The maximum atomic E-state index is 11.3. The van der Waals surface area contributed by atoms with Gasteiger partial charge in [-0.3, -0.25) is 4.79 Å². The molecule has 0 unspecified atom stereocenters. The third-order valence-electron chi connectivity index (χ3n) is 3.69. The standard InChI is InChI=1S/C17H24N4O2/c1-12(3-4-13-5-7-14(23-2)8-6-13)19-10-9-16-20-15(18)11-17(22)21-16/h5-8,11-12,19H,3-4,9-10H2,1-2H3,(H3,18,20,21,22)/t12-/m1/s1. The molecule has 0 saturated heterocycles. The van der Waals surface area contributed by atoms with Crippen LogP contribution in [0.4, 0.5) is 5.82 Å². The van der Waals surface area contributed by atoms with Crippen molar-refractivity contribution in [1.29, 1.82) is 0 Å². The highest BCUT2D eigenvalue weighted by Crippen LogP contribution is 2.13. The van der Waals surface area contributed by atoms with Crippen LogP contribution in [0.3, 0.4) is 0 Å². The van der Waals surface area contributed by atoms with Gasteiger partial charge in [0.25, 0.3) is 5.56 Å². The first-order chi connectivity index (χ1) is 11.1. The molecule has 2 rings (SSSR count). The Morgan fingerprint density at radius 2 is 2.04 bits per heavy atom. The molecular formula is C17H24N4O2. The number of nitrogens with zero attached hydrogens (tertiary/aromatic N) is 1. The van der Waals surface area contributed by atoms with Crippen molar-refractivity contribution in [3.05, 3.63) is 52.1 Å². The molecule has 1 heterocycles. The van der Waals surface area contributed by atoms with Crippen LogP contribution in [0.15, 0.2) is 35.1 Å². The summed E-state index contributed by atoms with van der Waals surface area (Å²) in [5.74, 6) is 1.75. The van der Waals surface area contributed by atoms with Crippen molar-refractivity contribution >= 4 is 5.82 Å². The summed E-state index contributed by atoms with van der Waals surface area (Å²) < 4.78 is 5.15. The Hall–Kier alpha value is -2.34. The highest BCUT2D eigenvalue weighted by molar-refractivity contribution is 5.27. The van der Waals surface area contributed by atoms with Crippen molar-refractivity contribution in [1.82, 2.24) is 15.3 Å². The lowest BCUT2D eigenvalue weighted by atomic mass is 10.1. The summed E-state index contributed by atoms with van der Waals surface area (Å²) in [6.45, 7) is 2.90. The van der Waals surface area contributed by atoms with Gasteiger partial charge in [-0.25, -0.2) is 4.98 Å². The maximum absolute atomic E-state index is 11.3. The summed E-state index contributed by atoms with van der Waals surface area (Å²) in [7, 11) is 1.67. The molecule has 0 bridgehead atoms. The molecule has 2 aromatic rings. The van der Waals surface area contributed by atoms with Crippen LogP contribution >= 0.6 is 0 Å². The summed E-state index contributed by atoms with van der Waals surface area (Å²) in [6, 6.07) is 9.81. The van der Waals surface area contributed by atoms with Crippen molar-refractivity contribution in [3.8, 4) is 5.75 Å². The Kier molecular flexibility index (Phi) is 6.17. The van der Waals surface area contributed by atoms with E-state index in [9.17, 15) is 4.79 Å². The summed E-state index contributed by atoms with van der Waals surface area (Å²) in [4.78, 5) is 18.1. The zero-order valence-corrected chi connectivity index (χ0v) is 13.6. The summed E-state index contributed by atoms with van der Waals surface area (Å²) in [6.07, 6.45) is 2.69. The molecule has 0 fully saturated rings. The molecule has 6 heteroatoms. The average molecular weight is 316 g/mol. The summed E-state index contributed by atoms with van der Waals surface area (Å²) >= 11 is 0. The van der Waals surface area contributed by atoms with Gasteiger partial charge in [-0.1, -0.05) is 12.1 Å². The van der Waals surface area contributed by atoms with Gasteiger partial charge in [0.2, 0.25) is 0 Å². The number of hydrogen-bond acceptors (Lipinski definition) is 5. The second kappa shape index (κ2) is 8.33. The first-order valence-electron chi connectivity index (χ1n) is 7.79. The number of nitrogens with two attached hydrogens (primary N) is 1. The number of aromatic nitrogens is 2. The maximum Gasteiger partial charge on any atom is 0.252 e. The molecule has 0 aliphatic rings. The second-order valence-corrected chi connectivity index (χ2v) is 5.61. The molecule has 0 radical (unpaired) electrons. The van der Waals surface area contributed by atoms with E-state index in [0.717, 1.165) is 25.1 Å². The fourth-order valence-electron chi connectivity index (χ4n) is 2.36. The number of H-pyrrole nitrogens is 1. The second-order valence-electron chi connectivity index (χ2n) is 5.61. The van der Waals surface area contributed by atoms with E-state index in [1.807, 2.05) is 12.1 Å². The van der Waals surface area contributed by atoms with Gasteiger partial charge < -0.3 is 20.8 Å². The quantitative estimate of drug-likeness (QED) is 0.686. The normalized spacial score (nSPS) is 12.1. The Morgan fingerprint density at radius 1 is 1.30 bits per heavy atom. The van der Waals surface area contributed by atoms with Gasteiger partial charge in [0, 0.05) is 25.1 Å². The third kappa shape index (κ3) is 5.75. The van der Waals surface area contributed by atoms with Gasteiger partial charge in [-0.15, -0.1) is 0 Å². The van der Waals surface area contributed by atoms with Crippen molar-refractivity contribution in [2.45, 2.75) is 32.2 Å². The molecule has 1 aromatic carbocycles. The fraction of sp³-hybridized carbons (Fsp3) is 0.412. The van der Waals surface area contributed by atoms with Crippen LogP contribution in [-0.4, -0.2) is 29.7 Å². The van der Waals surface area contributed by atoms with E-state index in [2.05, 4.69) is 34.3 Å². The molecule has 1 atom stereocenters. The molecule has 1 aromatic heterocycles. The lowest BCUT2D eigenvalue weighted by molar-refractivity contribution is 0.414. The molecule has 124 valence electrons. The van der Waals surface area contributed by atoms with Crippen LogP contribution in [-0.2, 0) is 12.8 Å².